The van der Waals surface area contributed by atoms with Crippen LogP contribution in [-0.2, 0) is 27.2 Å². The van der Waals surface area contributed by atoms with Gasteiger partial charge in [-0.25, -0.2) is 4.79 Å². The molecule has 22 heavy (non-hydrogen) atoms. The second kappa shape index (κ2) is 7.98. The Morgan fingerprint density at radius 1 is 0.955 bits per heavy atom. The molecular formula is C18H19NO3. The molecule has 114 valence electrons. The van der Waals surface area contributed by atoms with Crippen molar-refractivity contribution in [2.75, 3.05) is 7.11 Å². The Bertz CT molecular complexity index is 611. The molecule has 0 bridgehead atoms. The minimum Gasteiger partial charge on any atom is -0.467 e. The van der Waals surface area contributed by atoms with Gasteiger partial charge in [0, 0.05) is 6.42 Å². The SMILES string of the molecule is COC(=O)C(Cc1ccccc1)NC(=O)Cc1ccccc1. The van der Waals surface area contributed by atoms with Crippen molar-refractivity contribution >= 4 is 11.9 Å². The molecule has 0 aliphatic heterocycles. The first kappa shape index (κ1) is 15.8. The molecule has 1 amide bonds. The van der Waals surface area contributed by atoms with E-state index in [1.165, 1.54) is 7.11 Å². The van der Waals surface area contributed by atoms with Gasteiger partial charge in [-0.1, -0.05) is 60.7 Å². The number of benzene rings is 2. The number of hydrogen-bond acceptors (Lipinski definition) is 3. The molecule has 1 unspecified atom stereocenters. The third-order valence-electron chi connectivity index (χ3n) is 3.31. The Morgan fingerprint density at radius 2 is 1.50 bits per heavy atom. The van der Waals surface area contributed by atoms with E-state index in [0.29, 0.717) is 6.42 Å². The summed E-state index contributed by atoms with van der Waals surface area (Å²) in [6.07, 6.45) is 0.650. The van der Waals surface area contributed by atoms with Gasteiger partial charge in [0.2, 0.25) is 5.91 Å². The molecule has 0 saturated heterocycles. The maximum atomic E-state index is 12.1. The molecule has 0 aliphatic rings. The molecule has 0 fully saturated rings. The summed E-state index contributed by atoms with van der Waals surface area (Å²) in [7, 11) is 1.32. The van der Waals surface area contributed by atoms with Gasteiger partial charge in [-0.05, 0) is 11.1 Å². The number of carbonyl (C=O) groups excluding carboxylic acids is 2. The van der Waals surface area contributed by atoms with Crippen molar-refractivity contribution in [3.8, 4) is 0 Å². The smallest absolute Gasteiger partial charge is 0.328 e. The van der Waals surface area contributed by atoms with Gasteiger partial charge in [-0.15, -0.1) is 0 Å². The molecule has 2 aromatic carbocycles. The molecule has 0 radical (unpaired) electrons. The number of carbonyl (C=O) groups is 2. The van der Waals surface area contributed by atoms with Crippen molar-refractivity contribution in [3.63, 3.8) is 0 Å². The number of amides is 1. The minimum absolute atomic E-state index is 0.197. The number of methoxy groups -OCH3 is 1. The molecule has 1 N–H and O–H groups in total. The van der Waals surface area contributed by atoms with Gasteiger partial charge in [0.1, 0.15) is 6.04 Å². The normalized spacial score (nSPS) is 11.5. The molecule has 4 heteroatoms. The molecule has 4 nitrogen and oxygen atoms in total. The lowest BCUT2D eigenvalue weighted by Gasteiger charge is -2.16. The zero-order valence-electron chi connectivity index (χ0n) is 12.5. The molecule has 0 aliphatic carbocycles. The molecule has 1 atom stereocenters. The second-order valence-corrected chi connectivity index (χ2v) is 5.00. The van der Waals surface area contributed by atoms with Crippen LogP contribution < -0.4 is 5.32 Å². The quantitative estimate of drug-likeness (QED) is 0.831. The van der Waals surface area contributed by atoms with Crippen LogP contribution in [0.15, 0.2) is 60.7 Å². The van der Waals surface area contributed by atoms with Crippen molar-refractivity contribution in [1.29, 1.82) is 0 Å². The van der Waals surface area contributed by atoms with E-state index >= 15 is 0 Å². The zero-order valence-corrected chi connectivity index (χ0v) is 12.5. The summed E-state index contributed by atoms with van der Waals surface area (Å²) in [4.78, 5) is 24.0. The van der Waals surface area contributed by atoms with Gasteiger partial charge < -0.3 is 10.1 Å². The highest BCUT2D eigenvalue weighted by atomic mass is 16.5. The molecule has 0 spiro atoms. The Kier molecular flexibility index (Phi) is 5.72. The highest BCUT2D eigenvalue weighted by Gasteiger charge is 2.21. The van der Waals surface area contributed by atoms with Crippen LogP contribution in [0.2, 0.25) is 0 Å². The van der Waals surface area contributed by atoms with Gasteiger partial charge in [0.15, 0.2) is 0 Å². The topological polar surface area (TPSA) is 55.4 Å². The van der Waals surface area contributed by atoms with Gasteiger partial charge in [0.25, 0.3) is 0 Å². The highest BCUT2D eigenvalue weighted by Crippen LogP contribution is 2.06. The average molecular weight is 297 g/mol. The molecule has 2 aromatic rings. The van der Waals surface area contributed by atoms with Crippen molar-refractivity contribution in [1.82, 2.24) is 5.32 Å². The van der Waals surface area contributed by atoms with E-state index in [-0.39, 0.29) is 12.3 Å². The van der Waals surface area contributed by atoms with Gasteiger partial charge in [-0.3, -0.25) is 4.79 Å². The summed E-state index contributed by atoms with van der Waals surface area (Å²) in [5.74, 6) is -0.636. The van der Waals surface area contributed by atoms with Crippen LogP contribution in [0.4, 0.5) is 0 Å². The third kappa shape index (κ3) is 4.74. The van der Waals surface area contributed by atoms with Crippen molar-refractivity contribution in [2.45, 2.75) is 18.9 Å². The van der Waals surface area contributed by atoms with E-state index in [9.17, 15) is 9.59 Å². The minimum atomic E-state index is -0.677. The molecule has 0 heterocycles. The maximum Gasteiger partial charge on any atom is 0.328 e. The van der Waals surface area contributed by atoms with Crippen LogP contribution in [0.1, 0.15) is 11.1 Å². The number of nitrogens with one attached hydrogen (secondary N) is 1. The largest absolute Gasteiger partial charge is 0.467 e. The van der Waals surface area contributed by atoms with E-state index in [1.54, 1.807) is 0 Å². The van der Waals surface area contributed by atoms with Crippen molar-refractivity contribution in [2.24, 2.45) is 0 Å². The van der Waals surface area contributed by atoms with Crippen LogP contribution >= 0.6 is 0 Å². The fourth-order valence-electron chi connectivity index (χ4n) is 2.21. The first-order valence-corrected chi connectivity index (χ1v) is 7.14. The van der Waals surface area contributed by atoms with Crippen LogP contribution in [0.3, 0.4) is 0 Å². The number of rotatable bonds is 6. The van der Waals surface area contributed by atoms with Crippen LogP contribution in [0.5, 0.6) is 0 Å². The predicted molar refractivity (Wildman–Crippen MR) is 84.2 cm³/mol. The van der Waals surface area contributed by atoms with Crippen LogP contribution in [0.25, 0.3) is 0 Å². The summed E-state index contributed by atoms with van der Waals surface area (Å²) in [5, 5.41) is 2.75. The lowest BCUT2D eigenvalue weighted by atomic mass is 10.1. The number of hydrogen-bond donors (Lipinski definition) is 1. The zero-order chi connectivity index (χ0) is 15.8. The summed E-state index contributed by atoms with van der Waals surface area (Å²) < 4.78 is 4.78. The van der Waals surface area contributed by atoms with Crippen LogP contribution in [-0.4, -0.2) is 25.0 Å². The van der Waals surface area contributed by atoms with Crippen LogP contribution in [0, 0.1) is 0 Å². The molecule has 0 aromatic heterocycles. The Morgan fingerprint density at radius 3 is 2.05 bits per heavy atom. The average Bonchev–Trinajstić information content (AvgIpc) is 2.55. The number of esters is 1. The summed E-state index contributed by atoms with van der Waals surface area (Å²) in [5.41, 5.74) is 1.88. The van der Waals surface area contributed by atoms with E-state index < -0.39 is 12.0 Å². The predicted octanol–water partition coefficient (Wildman–Crippen LogP) is 2.13. The standard InChI is InChI=1S/C18H19NO3/c1-22-18(21)16(12-14-8-4-2-5-9-14)19-17(20)13-15-10-6-3-7-11-15/h2-11,16H,12-13H2,1H3,(H,19,20). The van der Waals surface area contributed by atoms with Crippen molar-refractivity contribution < 1.29 is 14.3 Å². The molecule has 2 rings (SSSR count). The fourth-order valence-corrected chi connectivity index (χ4v) is 2.21. The monoisotopic (exact) mass is 297 g/mol. The second-order valence-electron chi connectivity index (χ2n) is 5.00. The summed E-state index contributed by atoms with van der Waals surface area (Å²) in [6, 6.07) is 18.3. The Labute approximate surface area is 130 Å². The first-order valence-electron chi connectivity index (χ1n) is 7.14. The first-order chi connectivity index (χ1) is 10.7. The lowest BCUT2D eigenvalue weighted by molar-refractivity contribution is -0.145. The lowest BCUT2D eigenvalue weighted by Crippen LogP contribution is -2.43. The van der Waals surface area contributed by atoms with Crippen molar-refractivity contribution in [3.05, 3.63) is 71.8 Å². The molecular weight excluding hydrogens is 278 g/mol. The fraction of sp³-hybridized carbons (Fsp3) is 0.222. The van der Waals surface area contributed by atoms with Gasteiger partial charge >= 0.3 is 5.97 Å². The van der Waals surface area contributed by atoms with Gasteiger partial charge in [-0.2, -0.15) is 0 Å². The van der Waals surface area contributed by atoms with E-state index in [2.05, 4.69) is 5.32 Å². The highest BCUT2D eigenvalue weighted by molar-refractivity contribution is 5.85. The number of ether oxygens (including phenoxy) is 1. The van der Waals surface area contributed by atoms with Gasteiger partial charge in [0.05, 0.1) is 13.5 Å². The third-order valence-corrected chi connectivity index (χ3v) is 3.31. The maximum absolute atomic E-state index is 12.1. The Hall–Kier alpha value is -2.62. The van der Waals surface area contributed by atoms with E-state index in [4.69, 9.17) is 4.74 Å². The van der Waals surface area contributed by atoms with E-state index in [1.807, 2.05) is 60.7 Å². The summed E-state index contributed by atoms with van der Waals surface area (Å²) in [6.45, 7) is 0. The Balaban J connectivity index is 2.00. The molecule has 0 saturated carbocycles. The van der Waals surface area contributed by atoms with E-state index in [0.717, 1.165) is 11.1 Å². The summed E-state index contributed by atoms with van der Waals surface area (Å²) >= 11 is 0.